The van der Waals surface area contributed by atoms with Gasteiger partial charge in [-0.2, -0.15) is 4.98 Å². The van der Waals surface area contributed by atoms with E-state index in [2.05, 4.69) is 32.7 Å². The van der Waals surface area contributed by atoms with Gasteiger partial charge in [-0.05, 0) is 37.2 Å². The number of nitrogens with one attached hydrogen (secondary N) is 2. The number of aromatic nitrogens is 2. The Morgan fingerprint density at radius 1 is 1.12 bits per heavy atom. The monoisotopic (exact) mass is 460 g/mol. The van der Waals surface area contributed by atoms with Gasteiger partial charge in [0.05, 0.1) is 12.7 Å². The van der Waals surface area contributed by atoms with E-state index in [1.165, 1.54) is 0 Å². The second-order valence-electron chi connectivity index (χ2n) is 8.28. The number of amides is 1. The maximum Gasteiger partial charge on any atom is 0.263 e. The van der Waals surface area contributed by atoms with Crippen LogP contribution in [0.5, 0.6) is 0 Å². The van der Waals surface area contributed by atoms with E-state index >= 15 is 0 Å². The molecular formula is C26H32N6O2. The summed E-state index contributed by atoms with van der Waals surface area (Å²) < 4.78 is 6.26. The Balaban J connectivity index is 1.53. The first-order chi connectivity index (χ1) is 16.6. The zero-order valence-electron chi connectivity index (χ0n) is 20.0. The lowest BCUT2D eigenvalue weighted by atomic mass is 10.1. The summed E-state index contributed by atoms with van der Waals surface area (Å²) in [6, 6.07) is 18.2. The second kappa shape index (κ2) is 11.1. The molecule has 2 aromatic carbocycles. The molecule has 1 aliphatic heterocycles. The first kappa shape index (κ1) is 23.7. The molecule has 1 aromatic heterocycles. The van der Waals surface area contributed by atoms with E-state index in [1.54, 1.807) is 11.1 Å². The van der Waals surface area contributed by atoms with Gasteiger partial charge in [0.1, 0.15) is 11.4 Å². The molecule has 0 aliphatic carbocycles. The number of anilines is 3. The molecule has 178 valence electrons. The van der Waals surface area contributed by atoms with Crippen LogP contribution < -0.4 is 20.4 Å². The number of ether oxygens (including phenoxy) is 1. The maximum atomic E-state index is 13.5. The van der Waals surface area contributed by atoms with E-state index in [9.17, 15) is 4.79 Å². The molecule has 8 heteroatoms. The highest BCUT2D eigenvalue weighted by atomic mass is 16.5. The molecule has 2 N–H and O–H groups in total. The van der Waals surface area contributed by atoms with Crippen molar-refractivity contribution in [2.24, 2.45) is 0 Å². The summed E-state index contributed by atoms with van der Waals surface area (Å²) in [7, 11) is 3.87. The summed E-state index contributed by atoms with van der Waals surface area (Å²) in [4.78, 5) is 26.2. The number of hydrogen-bond acceptors (Lipinski definition) is 7. The second-order valence-corrected chi connectivity index (χ2v) is 8.28. The largest absolute Gasteiger partial charge is 0.368 e. The average molecular weight is 461 g/mol. The van der Waals surface area contributed by atoms with Crippen LogP contribution in [0.1, 0.15) is 34.5 Å². The summed E-state index contributed by atoms with van der Waals surface area (Å²) in [6.07, 6.45) is 1.56. The Labute approximate surface area is 201 Å². The Morgan fingerprint density at radius 2 is 1.94 bits per heavy atom. The molecule has 0 fully saturated rings. The van der Waals surface area contributed by atoms with Crippen molar-refractivity contribution in [1.29, 1.82) is 0 Å². The van der Waals surface area contributed by atoms with Gasteiger partial charge in [-0.25, -0.2) is 4.98 Å². The Kier molecular flexibility index (Phi) is 7.72. The van der Waals surface area contributed by atoms with E-state index in [4.69, 9.17) is 4.74 Å². The molecule has 4 rings (SSSR count). The molecule has 0 radical (unpaired) electrons. The van der Waals surface area contributed by atoms with Gasteiger partial charge in [0.15, 0.2) is 0 Å². The molecule has 0 saturated heterocycles. The standard InChI is InChI=1S/C26H32N6O2/c1-4-28-26-29-16-22-24(30-26)31(3)13-14-32(25(22)33)21-12-8-9-19(15-21)18-34-23(17-27-2)20-10-6-5-7-11-20/h5-12,15-16,23,27H,4,13-14,17-18H2,1-3H3,(H,28,29,30). The summed E-state index contributed by atoms with van der Waals surface area (Å²) >= 11 is 0. The third-order valence-corrected chi connectivity index (χ3v) is 5.83. The van der Waals surface area contributed by atoms with Crippen LogP contribution in [0.2, 0.25) is 0 Å². The van der Waals surface area contributed by atoms with Crippen molar-refractivity contribution in [2.45, 2.75) is 19.6 Å². The lowest BCUT2D eigenvalue weighted by Gasteiger charge is -2.22. The molecule has 1 unspecified atom stereocenters. The molecule has 1 atom stereocenters. The van der Waals surface area contributed by atoms with Gasteiger partial charge in [-0.3, -0.25) is 4.79 Å². The van der Waals surface area contributed by atoms with Crippen LogP contribution in [0.15, 0.2) is 60.8 Å². The predicted molar refractivity (Wildman–Crippen MR) is 135 cm³/mol. The fraction of sp³-hybridized carbons (Fsp3) is 0.346. The van der Waals surface area contributed by atoms with Crippen molar-refractivity contribution in [3.63, 3.8) is 0 Å². The lowest BCUT2D eigenvalue weighted by molar-refractivity contribution is 0.0411. The van der Waals surface area contributed by atoms with E-state index in [0.717, 1.165) is 23.4 Å². The first-order valence-corrected chi connectivity index (χ1v) is 11.6. The Morgan fingerprint density at radius 3 is 2.71 bits per heavy atom. The van der Waals surface area contributed by atoms with Crippen LogP contribution in [0, 0.1) is 0 Å². The van der Waals surface area contributed by atoms with Crippen molar-refractivity contribution in [3.05, 3.63) is 77.5 Å². The highest BCUT2D eigenvalue weighted by molar-refractivity contribution is 6.09. The number of hydrogen-bond donors (Lipinski definition) is 2. The zero-order valence-corrected chi connectivity index (χ0v) is 20.0. The average Bonchev–Trinajstić information content (AvgIpc) is 2.99. The fourth-order valence-electron chi connectivity index (χ4n) is 4.04. The molecule has 0 saturated carbocycles. The van der Waals surface area contributed by atoms with E-state index < -0.39 is 0 Å². The van der Waals surface area contributed by atoms with Gasteiger partial charge >= 0.3 is 0 Å². The third kappa shape index (κ3) is 5.35. The molecule has 1 aliphatic rings. The molecular weight excluding hydrogens is 428 g/mol. The predicted octanol–water partition coefficient (Wildman–Crippen LogP) is 3.48. The maximum absolute atomic E-state index is 13.5. The summed E-state index contributed by atoms with van der Waals surface area (Å²) in [5, 5.41) is 6.32. The first-order valence-electron chi connectivity index (χ1n) is 11.6. The van der Waals surface area contributed by atoms with Gasteiger partial charge in [-0.1, -0.05) is 42.5 Å². The number of nitrogens with zero attached hydrogens (tertiary/aromatic N) is 4. The van der Waals surface area contributed by atoms with Crippen LogP contribution in [0.4, 0.5) is 17.5 Å². The van der Waals surface area contributed by atoms with Crippen molar-refractivity contribution >= 4 is 23.4 Å². The van der Waals surface area contributed by atoms with Crippen LogP contribution in [-0.2, 0) is 11.3 Å². The normalized spacial score (nSPS) is 14.5. The number of carbonyl (C=O) groups is 1. The molecule has 0 spiro atoms. The summed E-state index contributed by atoms with van der Waals surface area (Å²) in [5.41, 5.74) is 3.49. The molecule has 0 bridgehead atoms. The lowest BCUT2D eigenvalue weighted by Crippen LogP contribution is -2.33. The minimum Gasteiger partial charge on any atom is -0.368 e. The van der Waals surface area contributed by atoms with Crippen molar-refractivity contribution in [3.8, 4) is 0 Å². The smallest absolute Gasteiger partial charge is 0.263 e. The zero-order chi connectivity index (χ0) is 23.9. The number of benzene rings is 2. The SMILES string of the molecule is CCNc1ncc2c(n1)N(C)CCN(c1cccc(COC(CNC)c3ccccc3)c1)C2=O. The van der Waals surface area contributed by atoms with Crippen LogP contribution in [0.3, 0.4) is 0 Å². The van der Waals surface area contributed by atoms with Crippen molar-refractivity contribution in [2.75, 3.05) is 55.4 Å². The van der Waals surface area contributed by atoms with Crippen LogP contribution in [-0.4, -0.2) is 56.1 Å². The summed E-state index contributed by atoms with van der Waals surface area (Å²) in [5.74, 6) is 1.08. The third-order valence-electron chi connectivity index (χ3n) is 5.83. The van der Waals surface area contributed by atoms with E-state index in [0.29, 0.717) is 43.6 Å². The van der Waals surface area contributed by atoms with Gasteiger partial charge < -0.3 is 25.2 Å². The van der Waals surface area contributed by atoms with Crippen LogP contribution >= 0.6 is 0 Å². The number of likely N-dealkylation sites (N-methyl/N-ethyl adjacent to an activating group) is 2. The Hall–Kier alpha value is -3.49. The van der Waals surface area contributed by atoms with Crippen molar-refractivity contribution in [1.82, 2.24) is 15.3 Å². The molecule has 3 aromatic rings. The number of carbonyl (C=O) groups excluding carboxylic acids is 1. The van der Waals surface area contributed by atoms with Gasteiger partial charge in [0.25, 0.3) is 5.91 Å². The number of rotatable bonds is 9. The highest BCUT2D eigenvalue weighted by Crippen LogP contribution is 2.27. The van der Waals surface area contributed by atoms with Crippen LogP contribution in [0.25, 0.3) is 0 Å². The molecule has 2 heterocycles. The molecule has 34 heavy (non-hydrogen) atoms. The number of fused-ring (bicyclic) bond motifs is 1. The minimum atomic E-state index is -0.0992. The minimum absolute atomic E-state index is 0.0572. The summed E-state index contributed by atoms with van der Waals surface area (Å²) in [6.45, 7) is 5.09. The topological polar surface area (TPSA) is 82.6 Å². The Bertz CT molecular complexity index is 1110. The highest BCUT2D eigenvalue weighted by Gasteiger charge is 2.28. The van der Waals surface area contributed by atoms with Gasteiger partial charge in [0.2, 0.25) is 5.95 Å². The van der Waals surface area contributed by atoms with Crippen molar-refractivity contribution < 1.29 is 9.53 Å². The molecule has 8 nitrogen and oxygen atoms in total. The van der Waals surface area contributed by atoms with E-state index in [1.807, 2.05) is 68.4 Å². The van der Waals surface area contributed by atoms with Gasteiger partial charge in [-0.15, -0.1) is 0 Å². The molecule has 1 amide bonds. The quantitative estimate of drug-likeness (QED) is 0.506. The van der Waals surface area contributed by atoms with Gasteiger partial charge in [0, 0.05) is 45.1 Å². The van der Waals surface area contributed by atoms with E-state index in [-0.39, 0.29) is 12.0 Å². The fourth-order valence-corrected chi connectivity index (χ4v) is 4.04.